The van der Waals surface area contributed by atoms with Crippen LogP contribution in [-0.4, -0.2) is 56.6 Å². The van der Waals surface area contributed by atoms with Crippen LogP contribution in [0.25, 0.3) is 0 Å². The minimum absolute atomic E-state index is 0.0510. The summed E-state index contributed by atoms with van der Waals surface area (Å²) in [7, 11) is 0. The Morgan fingerprint density at radius 1 is 0.920 bits per heavy atom. The van der Waals surface area contributed by atoms with Crippen LogP contribution in [0.5, 0.6) is 0 Å². The van der Waals surface area contributed by atoms with E-state index in [1.165, 1.54) is 9.80 Å². The van der Waals surface area contributed by atoms with Gasteiger partial charge in [-0.15, -0.1) is 0 Å². The fourth-order valence-corrected chi connectivity index (χ4v) is 3.19. The number of amides is 2. The van der Waals surface area contributed by atoms with Gasteiger partial charge in [0.25, 0.3) is 11.8 Å². The van der Waals surface area contributed by atoms with Gasteiger partial charge in [0.05, 0.1) is 13.1 Å². The molecule has 0 bridgehead atoms. The summed E-state index contributed by atoms with van der Waals surface area (Å²) in [4.78, 5) is 26.9. The fraction of sp³-hybridized carbons (Fsp3) is 0.579. The van der Waals surface area contributed by atoms with E-state index in [1.807, 2.05) is 51.1 Å². The lowest BCUT2D eigenvalue weighted by Gasteiger charge is -2.22. The second-order valence-corrected chi connectivity index (χ2v) is 7.92. The van der Waals surface area contributed by atoms with E-state index in [0.717, 1.165) is 38.3 Å². The van der Waals surface area contributed by atoms with E-state index in [-0.39, 0.29) is 17.4 Å². The van der Waals surface area contributed by atoms with Gasteiger partial charge in [-0.1, -0.05) is 18.2 Å². The first-order valence-electron chi connectivity index (χ1n) is 9.15. The summed E-state index contributed by atoms with van der Waals surface area (Å²) in [5, 5.41) is 5.97. The average molecular weight is 348 g/mol. The summed E-state index contributed by atoms with van der Waals surface area (Å²) in [6, 6.07) is 9.56. The van der Waals surface area contributed by atoms with Gasteiger partial charge >= 0.3 is 0 Å². The molecule has 1 heterocycles. The van der Waals surface area contributed by atoms with Crippen molar-refractivity contribution in [1.82, 2.24) is 5.32 Å². The van der Waals surface area contributed by atoms with Crippen LogP contribution >= 0.6 is 0 Å². The molecule has 1 fully saturated rings. The van der Waals surface area contributed by atoms with Crippen molar-refractivity contribution in [2.45, 2.75) is 32.7 Å². The Kier molecular flexibility index (Phi) is 6.96. The van der Waals surface area contributed by atoms with E-state index in [0.29, 0.717) is 13.1 Å². The maximum atomic E-state index is 12.2. The molecular formula is C19H32N4O2+2. The van der Waals surface area contributed by atoms with Gasteiger partial charge in [-0.3, -0.25) is 9.59 Å². The SMILES string of the molecule is CC(C)(C)NC(=O)C[NH+]1CCC[NH+](CC(=O)Nc2ccccc2)CC1. The standard InChI is InChI=1S/C19H30N4O2/c1-19(2,3)21-18(25)15-23-11-7-10-22(12-13-23)14-17(24)20-16-8-5-4-6-9-16/h4-6,8-9H,7,10-15H2,1-3H3,(H,20,24)(H,21,25)/p+2. The lowest BCUT2D eigenvalue weighted by molar-refractivity contribution is -0.930. The van der Waals surface area contributed by atoms with Gasteiger partial charge in [-0.2, -0.15) is 0 Å². The maximum Gasteiger partial charge on any atom is 0.279 e. The van der Waals surface area contributed by atoms with Crippen LogP contribution in [0, 0.1) is 0 Å². The number of hydrogen-bond acceptors (Lipinski definition) is 2. The quantitative estimate of drug-likeness (QED) is 0.535. The Morgan fingerprint density at radius 2 is 1.48 bits per heavy atom. The zero-order valence-corrected chi connectivity index (χ0v) is 15.7. The average Bonchev–Trinajstić information content (AvgIpc) is 2.71. The van der Waals surface area contributed by atoms with Crippen LogP contribution in [0.1, 0.15) is 27.2 Å². The Labute approximate surface area is 150 Å². The van der Waals surface area contributed by atoms with Gasteiger partial charge in [-0.25, -0.2) is 0 Å². The number of nitrogens with one attached hydrogen (secondary N) is 4. The van der Waals surface area contributed by atoms with Gasteiger partial charge < -0.3 is 20.4 Å². The molecule has 1 saturated heterocycles. The second-order valence-electron chi connectivity index (χ2n) is 7.92. The van der Waals surface area contributed by atoms with Crippen molar-refractivity contribution in [2.24, 2.45) is 0 Å². The summed E-state index contributed by atoms with van der Waals surface area (Å²) < 4.78 is 0. The molecule has 1 aromatic carbocycles. The van der Waals surface area contributed by atoms with Crippen LogP contribution in [0.15, 0.2) is 30.3 Å². The third-order valence-corrected chi connectivity index (χ3v) is 4.29. The molecule has 2 atom stereocenters. The van der Waals surface area contributed by atoms with Crippen LogP contribution in [0.2, 0.25) is 0 Å². The molecule has 0 spiro atoms. The zero-order valence-electron chi connectivity index (χ0n) is 15.7. The fourth-order valence-electron chi connectivity index (χ4n) is 3.19. The number of carbonyl (C=O) groups is 2. The van der Waals surface area contributed by atoms with E-state index in [9.17, 15) is 9.59 Å². The van der Waals surface area contributed by atoms with Crippen LogP contribution < -0.4 is 20.4 Å². The van der Waals surface area contributed by atoms with Gasteiger partial charge in [0.15, 0.2) is 13.1 Å². The molecule has 138 valence electrons. The summed E-state index contributed by atoms with van der Waals surface area (Å²) >= 11 is 0. The van der Waals surface area contributed by atoms with E-state index < -0.39 is 0 Å². The zero-order chi connectivity index (χ0) is 18.3. The first kappa shape index (κ1) is 19.4. The van der Waals surface area contributed by atoms with Gasteiger partial charge in [0.1, 0.15) is 13.1 Å². The van der Waals surface area contributed by atoms with Crippen molar-refractivity contribution in [3.05, 3.63) is 30.3 Å². The van der Waals surface area contributed by atoms with Crippen molar-refractivity contribution >= 4 is 17.5 Å². The molecule has 0 aliphatic carbocycles. The highest BCUT2D eigenvalue weighted by molar-refractivity contribution is 5.91. The molecule has 25 heavy (non-hydrogen) atoms. The van der Waals surface area contributed by atoms with Crippen molar-refractivity contribution in [3.63, 3.8) is 0 Å². The number of para-hydroxylation sites is 1. The van der Waals surface area contributed by atoms with Crippen LogP contribution in [0.3, 0.4) is 0 Å². The lowest BCUT2D eigenvalue weighted by Crippen LogP contribution is -3.18. The Hall–Kier alpha value is -1.92. The lowest BCUT2D eigenvalue weighted by atomic mass is 10.1. The molecular weight excluding hydrogens is 316 g/mol. The molecule has 1 aliphatic heterocycles. The van der Waals surface area contributed by atoms with Gasteiger partial charge in [0, 0.05) is 17.6 Å². The van der Waals surface area contributed by atoms with Crippen molar-refractivity contribution in [3.8, 4) is 0 Å². The number of hydrogen-bond donors (Lipinski definition) is 4. The van der Waals surface area contributed by atoms with Crippen LogP contribution in [-0.2, 0) is 9.59 Å². The monoisotopic (exact) mass is 348 g/mol. The molecule has 0 aromatic heterocycles. The predicted octanol–water partition coefficient (Wildman–Crippen LogP) is -1.29. The van der Waals surface area contributed by atoms with Crippen LogP contribution in [0.4, 0.5) is 5.69 Å². The number of benzene rings is 1. The highest BCUT2D eigenvalue weighted by Gasteiger charge is 2.25. The third-order valence-electron chi connectivity index (χ3n) is 4.29. The normalized spacial score (nSPS) is 21.2. The molecule has 2 rings (SSSR count). The Bertz CT molecular complexity index is 569. The largest absolute Gasteiger partial charge is 0.347 e. The number of rotatable bonds is 5. The first-order valence-corrected chi connectivity index (χ1v) is 9.15. The smallest absolute Gasteiger partial charge is 0.279 e. The molecule has 2 unspecified atom stereocenters. The number of carbonyl (C=O) groups excluding carboxylic acids is 2. The van der Waals surface area contributed by atoms with Gasteiger partial charge in [-0.05, 0) is 32.9 Å². The summed E-state index contributed by atoms with van der Waals surface area (Å²) in [5.74, 6) is 0.155. The molecule has 0 saturated carbocycles. The van der Waals surface area contributed by atoms with E-state index in [1.54, 1.807) is 0 Å². The molecule has 2 amide bonds. The first-order chi connectivity index (χ1) is 11.8. The highest BCUT2D eigenvalue weighted by Crippen LogP contribution is 2.03. The van der Waals surface area contributed by atoms with Crippen molar-refractivity contribution < 1.29 is 19.4 Å². The topological polar surface area (TPSA) is 67.1 Å². The highest BCUT2D eigenvalue weighted by atomic mass is 16.2. The summed E-state index contributed by atoms with van der Waals surface area (Å²) in [6.45, 7) is 10.8. The Balaban J connectivity index is 1.75. The van der Waals surface area contributed by atoms with E-state index >= 15 is 0 Å². The molecule has 1 aromatic rings. The van der Waals surface area contributed by atoms with E-state index in [2.05, 4.69) is 10.6 Å². The van der Waals surface area contributed by atoms with Gasteiger partial charge in [0.2, 0.25) is 0 Å². The minimum Gasteiger partial charge on any atom is -0.347 e. The Morgan fingerprint density at radius 3 is 2.04 bits per heavy atom. The van der Waals surface area contributed by atoms with Crippen molar-refractivity contribution in [2.75, 3.05) is 44.6 Å². The molecule has 1 aliphatic rings. The molecule has 6 nitrogen and oxygen atoms in total. The second kappa shape index (κ2) is 8.97. The molecule has 0 radical (unpaired) electrons. The molecule has 6 heteroatoms. The molecule has 4 N–H and O–H groups in total. The van der Waals surface area contributed by atoms with E-state index in [4.69, 9.17) is 0 Å². The summed E-state index contributed by atoms with van der Waals surface area (Å²) in [6.07, 6.45) is 1.03. The number of anilines is 1. The predicted molar refractivity (Wildman–Crippen MR) is 98.7 cm³/mol. The third kappa shape index (κ3) is 7.67. The maximum absolute atomic E-state index is 12.2. The minimum atomic E-state index is -0.185. The summed E-state index contributed by atoms with van der Waals surface area (Å²) in [5.41, 5.74) is 0.655. The van der Waals surface area contributed by atoms with Crippen molar-refractivity contribution in [1.29, 1.82) is 0 Å². The number of quaternary nitrogens is 2.